The Hall–Kier alpha value is -2.58. The lowest BCUT2D eigenvalue weighted by atomic mass is 10.2. The third-order valence-electron chi connectivity index (χ3n) is 2.26. The van der Waals surface area contributed by atoms with Crippen molar-refractivity contribution in [1.82, 2.24) is 9.99 Å². The Morgan fingerprint density at radius 3 is 2.62 bits per heavy atom. The second-order valence-corrected chi connectivity index (χ2v) is 5.20. The number of nitrogens with two attached hydrogens (primary N) is 1. The molecule has 21 heavy (non-hydrogen) atoms. The maximum absolute atomic E-state index is 12.0. The Labute approximate surface area is 122 Å². The standard InChI is InChI=1S/C12H19N5O4/c1-5-16(11(18)21-12(2,3)4)15-10-8(17(19)20)6-7-9(13)14-10/h6-7H,5H2,1-4H3,(H3,13,14,15). The van der Waals surface area contributed by atoms with Crippen molar-refractivity contribution in [3.8, 4) is 0 Å². The molecular formula is C12H19N5O4. The van der Waals surface area contributed by atoms with Gasteiger partial charge in [0, 0.05) is 12.6 Å². The summed E-state index contributed by atoms with van der Waals surface area (Å²) in [5, 5.41) is 12.0. The molecule has 0 bridgehead atoms. The maximum atomic E-state index is 12.0. The number of nitrogens with one attached hydrogen (secondary N) is 1. The van der Waals surface area contributed by atoms with Gasteiger partial charge in [-0.15, -0.1) is 0 Å². The zero-order valence-corrected chi connectivity index (χ0v) is 12.4. The first-order valence-electron chi connectivity index (χ1n) is 6.32. The molecule has 0 atom stereocenters. The van der Waals surface area contributed by atoms with E-state index in [1.165, 1.54) is 12.1 Å². The van der Waals surface area contributed by atoms with Crippen LogP contribution in [-0.4, -0.2) is 33.2 Å². The second kappa shape index (κ2) is 6.25. The molecule has 0 aliphatic carbocycles. The number of aromatic nitrogens is 1. The highest BCUT2D eigenvalue weighted by Gasteiger charge is 2.24. The molecule has 1 amide bonds. The van der Waals surface area contributed by atoms with Gasteiger partial charge in [-0.3, -0.25) is 15.5 Å². The fraction of sp³-hybridized carbons (Fsp3) is 0.500. The molecule has 1 aromatic heterocycles. The number of hydrazine groups is 1. The Balaban J connectivity index is 2.99. The van der Waals surface area contributed by atoms with Crippen LogP contribution in [0.1, 0.15) is 27.7 Å². The third-order valence-corrected chi connectivity index (χ3v) is 2.26. The van der Waals surface area contributed by atoms with Gasteiger partial charge in [-0.05, 0) is 33.8 Å². The van der Waals surface area contributed by atoms with Gasteiger partial charge >= 0.3 is 11.8 Å². The van der Waals surface area contributed by atoms with E-state index in [0.717, 1.165) is 5.01 Å². The highest BCUT2D eigenvalue weighted by Crippen LogP contribution is 2.23. The van der Waals surface area contributed by atoms with Crippen LogP contribution in [0.3, 0.4) is 0 Å². The number of rotatable bonds is 4. The molecule has 0 aliphatic rings. The summed E-state index contributed by atoms with van der Waals surface area (Å²) < 4.78 is 5.19. The summed E-state index contributed by atoms with van der Waals surface area (Å²) in [5.41, 5.74) is 7.12. The summed E-state index contributed by atoms with van der Waals surface area (Å²) in [6, 6.07) is 2.53. The van der Waals surface area contributed by atoms with E-state index in [-0.39, 0.29) is 23.9 Å². The fourth-order valence-corrected chi connectivity index (χ4v) is 1.40. The summed E-state index contributed by atoms with van der Waals surface area (Å²) in [6.45, 7) is 7.08. The van der Waals surface area contributed by atoms with Gasteiger partial charge in [0.15, 0.2) is 0 Å². The number of ether oxygens (including phenoxy) is 1. The molecule has 116 valence electrons. The monoisotopic (exact) mass is 297 g/mol. The minimum Gasteiger partial charge on any atom is -0.442 e. The molecule has 0 unspecified atom stereocenters. The van der Waals surface area contributed by atoms with Crippen LogP contribution < -0.4 is 11.2 Å². The van der Waals surface area contributed by atoms with Crippen molar-refractivity contribution < 1.29 is 14.5 Å². The van der Waals surface area contributed by atoms with Crippen LogP contribution in [0.25, 0.3) is 0 Å². The number of carbonyl (C=O) groups is 1. The van der Waals surface area contributed by atoms with Gasteiger partial charge in [-0.2, -0.15) is 0 Å². The van der Waals surface area contributed by atoms with E-state index in [1.807, 2.05) is 0 Å². The van der Waals surface area contributed by atoms with Gasteiger partial charge in [0.05, 0.1) is 4.92 Å². The van der Waals surface area contributed by atoms with Crippen LogP contribution in [0, 0.1) is 10.1 Å². The first-order chi connectivity index (χ1) is 9.64. The summed E-state index contributed by atoms with van der Waals surface area (Å²) in [5.74, 6) is -0.0175. The fourth-order valence-electron chi connectivity index (χ4n) is 1.40. The van der Waals surface area contributed by atoms with E-state index in [4.69, 9.17) is 10.5 Å². The Morgan fingerprint density at radius 2 is 2.14 bits per heavy atom. The Kier molecular flexibility index (Phi) is 4.90. The highest BCUT2D eigenvalue weighted by molar-refractivity contribution is 5.71. The van der Waals surface area contributed by atoms with Gasteiger partial charge < -0.3 is 10.5 Å². The van der Waals surface area contributed by atoms with E-state index < -0.39 is 16.6 Å². The van der Waals surface area contributed by atoms with Crippen LogP contribution in [-0.2, 0) is 4.74 Å². The van der Waals surface area contributed by atoms with Crippen LogP contribution >= 0.6 is 0 Å². The molecule has 0 fully saturated rings. The molecule has 1 rings (SSSR count). The van der Waals surface area contributed by atoms with E-state index in [2.05, 4.69) is 10.4 Å². The van der Waals surface area contributed by atoms with Crippen molar-refractivity contribution in [2.45, 2.75) is 33.3 Å². The number of amides is 1. The number of nitrogens with zero attached hydrogens (tertiary/aromatic N) is 3. The van der Waals surface area contributed by atoms with Gasteiger partial charge in [-0.25, -0.2) is 14.8 Å². The predicted octanol–water partition coefficient (Wildman–Crippen LogP) is 2.16. The van der Waals surface area contributed by atoms with Crippen molar-refractivity contribution in [3.05, 3.63) is 22.2 Å². The van der Waals surface area contributed by atoms with Crippen LogP contribution in [0.2, 0.25) is 0 Å². The van der Waals surface area contributed by atoms with E-state index in [1.54, 1.807) is 27.7 Å². The van der Waals surface area contributed by atoms with Crippen LogP contribution in [0.15, 0.2) is 12.1 Å². The summed E-state index contributed by atoms with van der Waals surface area (Å²) in [6.07, 6.45) is -0.663. The molecule has 3 N–H and O–H groups in total. The summed E-state index contributed by atoms with van der Waals surface area (Å²) in [7, 11) is 0. The van der Waals surface area contributed by atoms with Crippen molar-refractivity contribution in [2.24, 2.45) is 0 Å². The van der Waals surface area contributed by atoms with Gasteiger partial charge in [-0.1, -0.05) is 0 Å². The first-order valence-corrected chi connectivity index (χ1v) is 6.32. The number of carbonyl (C=O) groups excluding carboxylic acids is 1. The summed E-state index contributed by atoms with van der Waals surface area (Å²) >= 11 is 0. The van der Waals surface area contributed by atoms with E-state index in [9.17, 15) is 14.9 Å². The van der Waals surface area contributed by atoms with Crippen LogP contribution in [0.4, 0.5) is 22.1 Å². The Bertz CT molecular complexity index is 541. The number of hydrogen-bond donors (Lipinski definition) is 2. The van der Waals surface area contributed by atoms with Crippen molar-refractivity contribution in [2.75, 3.05) is 17.7 Å². The lowest BCUT2D eigenvalue weighted by molar-refractivity contribution is -0.384. The van der Waals surface area contributed by atoms with Crippen LogP contribution in [0.5, 0.6) is 0 Å². The smallest absolute Gasteiger partial charge is 0.429 e. The number of nitrogen functional groups attached to an aromatic ring is 1. The normalized spacial score (nSPS) is 10.9. The first kappa shape index (κ1) is 16.5. The minimum atomic E-state index is -0.679. The number of anilines is 2. The molecule has 0 radical (unpaired) electrons. The average Bonchev–Trinajstić information content (AvgIpc) is 2.33. The average molecular weight is 297 g/mol. The third kappa shape index (κ3) is 4.79. The molecule has 1 heterocycles. The maximum Gasteiger partial charge on any atom is 0.429 e. The Morgan fingerprint density at radius 1 is 1.52 bits per heavy atom. The summed E-state index contributed by atoms with van der Waals surface area (Å²) in [4.78, 5) is 26.1. The second-order valence-electron chi connectivity index (χ2n) is 5.20. The van der Waals surface area contributed by atoms with Crippen molar-refractivity contribution >= 4 is 23.4 Å². The molecular weight excluding hydrogens is 278 g/mol. The number of pyridine rings is 1. The van der Waals surface area contributed by atoms with Gasteiger partial charge in [0.1, 0.15) is 11.4 Å². The zero-order valence-electron chi connectivity index (χ0n) is 12.4. The van der Waals surface area contributed by atoms with Gasteiger partial charge in [0.2, 0.25) is 5.82 Å². The number of hydrogen-bond acceptors (Lipinski definition) is 7. The highest BCUT2D eigenvalue weighted by atomic mass is 16.6. The molecule has 0 spiro atoms. The quantitative estimate of drug-likeness (QED) is 0.644. The lowest BCUT2D eigenvalue weighted by Gasteiger charge is -2.26. The predicted molar refractivity (Wildman–Crippen MR) is 77.5 cm³/mol. The molecule has 1 aromatic rings. The number of nitro groups is 1. The molecule has 9 heteroatoms. The largest absolute Gasteiger partial charge is 0.442 e. The molecule has 0 aliphatic heterocycles. The SMILES string of the molecule is CCN(Nc1nc(N)ccc1[N+](=O)[O-])C(=O)OC(C)(C)C. The van der Waals surface area contributed by atoms with Gasteiger partial charge in [0.25, 0.3) is 0 Å². The van der Waals surface area contributed by atoms with E-state index in [0.29, 0.717) is 0 Å². The molecule has 0 saturated carbocycles. The zero-order chi connectivity index (χ0) is 16.2. The van der Waals surface area contributed by atoms with Crippen molar-refractivity contribution in [1.29, 1.82) is 0 Å². The molecule has 0 saturated heterocycles. The lowest BCUT2D eigenvalue weighted by Crippen LogP contribution is -2.40. The molecule has 9 nitrogen and oxygen atoms in total. The van der Waals surface area contributed by atoms with Crippen molar-refractivity contribution in [3.63, 3.8) is 0 Å². The topological polar surface area (TPSA) is 124 Å². The van der Waals surface area contributed by atoms with E-state index >= 15 is 0 Å². The minimum absolute atomic E-state index is 0.100. The molecule has 0 aromatic carbocycles.